The number of rotatable bonds is 13. The van der Waals surface area contributed by atoms with Crippen molar-refractivity contribution in [2.24, 2.45) is 11.5 Å². The van der Waals surface area contributed by atoms with E-state index in [1.807, 2.05) is 0 Å². The predicted molar refractivity (Wildman–Crippen MR) is 98.7 cm³/mol. The van der Waals surface area contributed by atoms with E-state index in [1.165, 1.54) is 13.8 Å². The first kappa shape index (κ1) is 25.7. The molecule has 0 aromatic heterocycles. The van der Waals surface area contributed by atoms with E-state index in [-0.39, 0.29) is 6.42 Å². The van der Waals surface area contributed by atoms with Crippen LogP contribution in [0.25, 0.3) is 0 Å². The van der Waals surface area contributed by atoms with E-state index in [9.17, 15) is 34.5 Å². The summed E-state index contributed by atoms with van der Waals surface area (Å²) in [4.78, 5) is 47.5. The van der Waals surface area contributed by atoms with E-state index >= 15 is 0 Å². The second kappa shape index (κ2) is 13.0. The highest BCUT2D eigenvalue weighted by Gasteiger charge is 2.31. The van der Waals surface area contributed by atoms with Gasteiger partial charge >= 0.3 is 5.97 Å². The third-order valence-corrected chi connectivity index (χ3v) is 3.85. The average molecular weight is 405 g/mol. The minimum Gasteiger partial charge on any atom is -0.480 e. The molecular weight excluding hydrogens is 374 g/mol. The molecule has 0 aliphatic carbocycles. The molecule has 0 spiro atoms. The Labute approximate surface area is 163 Å². The van der Waals surface area contributed by atoms with Crippen molar-refractivity contribution in [3.8, 4) is 0 Å². The van der Waals surface area contributed by atoms with E-state index in [1.54, 1.807) is 0 Å². The highest BCUT2D eigenvalue weighted by molar-refractivity contribution is 5.94. The van der Waals surface area contributed by atoms with Crippen molar-refractivity contribution in [3.63, 3.8) is 0 Å². The van der Waals surface area contributed by atoms with Gasteiger partial charge in [-0.2, -0.15) is 0 Å². The van der Waals surface area contributed by atoms with Gasteiger partial charge in [0, 0.05) is 0 Å². The van der Waals surface area contributed by atoms with Gasteiger partial charge in [-0.05, 0) is 39.7 Å². The summed E-state index contributed by atoms with van der Waals surface area (Å²) in [6.07, 6.45) is -0.134. The maximum atomic E-state index is 12.3. The SMILES string of the molecule is CC(N)C(=O)NC(C(=O)NC(CO)C(=O)NC(CCCCN)C(=O)O)C(C)O. The molecule has 0 heterocycles. The van der Waals surface area contributed by atoms with Gasteiger partial charge in [0.2, 0.25) is 17.7 Å². The standard InChI is InChI=1S/C16H31N5O7/c1-8(18)13(24)21-12(9(2)23)15(26)20-11(7-22)14(25)19-10(16(27)28)5-3-4-6-17/h8-12,22-23H,3-7,17-18H2,1-2H3,(H,19,25)(H,20,26)(H,21,24)(H,27,28). The molecule has 12 nitrogen and oxygen atoms in total. The number of nitrogens with two attached hydrogens (primary N) is 2. The Kier molecular flexibility index (Phi) is 11.9. The quantitative estimate of drug-likeness (QED) is 0.142. The van der Waals surface area contributed by atoms with Gasteiger partial charge < -0.3 is 42.7 Å². The van der Waals surface area contributed by atoms with Gasteiger partial charge in [0.15, 0.2) is 0 Å². The molecule has 0 aromatic carbocycles. The zero-order valence-corrected chi connectivity index (χ0v) is 16.1. The summed E-state index contributed by atoms with van der Waals surface area (Å²) in [6.45, 7) is 2.19. The van der Waals surface area contributed by atoms with Crippen molar-refractivity contribution in [2.45, 2.75) is 63.4 Å². The average Bonchev–Trinajstić information content (AvgIpc) is 2.62. The summed E-state index contributed by atoms with van der Waals surface area (Å²) in [5, 5.41) is 34.9. The van der Waals surface area contributed by atoms with Gasteiger partial charge in [-0.1, -0.05) is 0 Å². The second-order valence-electron chi connectivity index (χ2n) is 6.44. The molecule has 0 rings (SSSR count). The van der Waals surface area contributed by atoms with Crippen molar-refractivity contribution < 1.29 is 34.5 Å². The minimum atomic E-state index is -1.47. The molecule has 28 heavy (non-hydrogen) atoms. The number of aliphatic hydroxyl groups excluding tert-OH is 2. The van der Waals surface area contributed by atoms with Crippen molar-refractivity contribution in [3.05, 3.63) is 0 Å². The summed E-state index contributed by atoms with van der Waals surface area (Å²) in [7, 11) is 0. The normalized spacial score (nSPS) is 16.2. The number of carbonyl (C=O) groups is 4. The van der Waals surface area contributed by atoms with Crippen LogP contribution in [0.5, 0.6) is 0 Å². The molecule has 0 fully saturated rings. The van der Waals surface area contributed by atoms with Crippen LogP contribution in [0.3, 0.4) is 0 Å². The first-order valence-corrected chi connectivity index (χ1v) is 8.93. The Morgan fingerprint density at radius 3 is 1.93 bits per heavy atom. The third-order valence-electron chi connectivity index (χ3n) is 3.85. The van der Waals surface area contributed by atoms with Gasteiger partial charge in [-0.15, -0.1) is 0 Å². The fourth-order valence-electron chi connectivity index (χ4n) is 2.17. The molecule has 0 saturated carbocycles. The lowest BCUT2D eigenvalue weighted by Gasteiger charge is -2.25. The first-order valence-electron chi connectivity index (χ1n) is 8.93. The molecule has 0 bridgehead atoms. The summed E-state index contributed by atoms with van der Waals surface area (Å²) in [5.41, 5.74) is 10.7. The maximum Gasteiger partial charge on any atom is 0.326 e. The molecule has 12 heteroatoms. The Hall–Kier alpha value is -2.28. The lowest BCUT2D eigenvalue weighted by Crippen LogP contribution is -2.60. The number of hydrogen-bond donors (Lipinski definition) is 8. The number of nitrogens with one attached hydrogen (secondary N) is 3. The number of aliphatic carboxylic acids is 1. The highest BCUT2D eigenvalue weighted by Crippen LogP contribution is 2.02. The summed E-state index contributed by atoms with van der Waals surface area (Å²) in [6, 6.07) is -5.04. The van der Waals surface area contributed by atoms with Gasteiger partial charge in [-0.3, -0.25) is 14.4 Å². The van der Waals surface area contributed by atoms with Gasteiger partial charge in [0.25, 0.3) is 0 Å². The molecule has 0 saturated heterocycles. The van der Waals surface area contributed by atoms with E-state index in [2.05, 4.69) is 16.0 Å². The number of unbranched alkanes of at least 4 members (excludes halogenated alkanes) is 1. The first-order chi connectivity index (χ1) is 13.0. The van der Waals surface area contributed by atoms with Crippen molar-refractivity contribution in [2.75, 3.05) is 13.2 Å². The molecule has 0 aliphatic heterocycles. The van der Waals surface area contributed by atoms with E-state index in [0.29, 0.717) is 19.4 Å². The van der Waals surface area contributed by atoms with Gasteiger partial charge in [-0.25, -0.2) is 4.79 Å². The number of carboxylic acids is 1. The Morgan fingerprint density at radius 1 is 0.929 bits per heavy atom. The molecule has 5 atom stereocenters. The smallest absolute Gasteiger partial charge is 0.326 e. The second-order valence-corrected chi connectivity index (χ2v) is 6.44. The molecule has 0 radical (unpaired) electrons. The van der Waals surface area contributed by atoms with Crippen LogP contribution >= 0.6 is 0 Å². The molecule has 0 aromatic rings. The minimum absolute atomic E-state index is 0.130. The van der Waals surface area contributed by atoms with Crippen LogP contribution in [0.15, 0.2) is 0 Å². The summed E-state index contributed by atoms with van der Waals surface area (Å²) in [5.74, 6) is -3.82. The molecular formula is C16H31N5O7. The number of carboxylic acid groups (broad SMARTS) is 1. The van der Waals surface area contributed by atoms with Gasteiger partial charge in [0.05, 0.1) is 18.8 Å². The predicted octanol–water partition coefficient (Wildman–Crippen LogP) is -3.63. The van der Waals surface area contributed by atoms with Crippen molar-refractivity contribution >= 4 is 23.7 Å². The monoisotopic (exact) mass is 405 g/mol. The van der Waals surface area contributed by atoms with Crippen LogP contribution in [0.4, 0.5) is 0 Å². The Bertz CT molecular complexity index is 541. The zero-order valence-electron chi connectivity index (χ0n) is 16.1. The zero-order chi connectivity index (χ0) is 21.9. The van der Waals surface area contributed by atoms with E-state index < -0.39 is 60.6 Å². The molecule has 162 valence electrons. The lowest BCUT2D eigenvalue weighted by atomic mass is 10.1. The number of carbonyl (C=O) groups excluding carboxylic acids is 3. The maximum absolute atomic E-state index is 12.3. The number of aliphatic hydroxyl groups is 2. The molecule has 10 N–H and O–H groups in total. The summed E-state index contributed by atoms with van der Waals surface area (Å²) >= 11 is 0. The van der Waals surface area contributed by atoms with Crippen LogP contribution in [-0.4, -0.2) is 82.4 Å². The van der Waals surface area contributed by atoms with Crippen LogP contribution in [-0.2, 0) is 19.2 Å². The molecule has 0 aliphatic rings. The van der Waals surface area contributed by atoms with Crippen LogP contribution in [0.1, 0.15) is 33.1 Å². The fraction of sp³-hybridized carbons (Fsp3) is 0.750. The van der Waals surface area contributed by atoms with Crippen molar-refractivity contribution in [1.82, 2.24) is 16.0 Å². The van der Waals surface area contributed by atoms with Crippen LogP contribution in [0.2, 0.25) is 0 Å². The topological polar surface area (TPSA) is 217 Å². The summed E-state index contributed by atoms with van der Waals surface area (Å²) < 4.78 is 0. The third kappa shape index (κ3) is 9.08. The Balaban J connectivity index is 5.02. The van der Waals surface area contributed by atoms with Crippen LogP contribution in [0, 0.1) is 0 Å². The number of hydrogen-bond acceptors (Lipinski definition) is 8. The van der Waals surface area contributed by atoms with Crippen LogP contribution < -0.4 is 27.4 Å². The number of amides is 3. The van der Waals surface area contributed by atoms with Crippen molar-refractivity contribution in [1.29, 1.82) is 0 Å². The lowest BCUT2D eigenvalue weighted by molar-refractivity contribution is -0.143. The largest absolute Gasteiger partial charge is 0.480 e. The molecule has 3 amide bonds. The highest BCUT2D eigenvalue weighted by atomic mass is 16.4. The Morgan fingerprint density at radius 2 is 1.50 bits per heavy atom. The fourth-order valence-corrected chi connectivity index (χ4v) is 2.17. The molecule has 5 unspecified atom stereocenters. The van der Waals surface area contributed by atoms with E-state index in [0.717, 1.165) is 0 Å². The van der Waals surface area contributed by atoms with E-state index in [4.69, 9.17) is 11.5 Å². The van der Waals surface area contributed by atoms with Gasteiger partial charge in [0.1, 0.15) is 18.1 Å².